The van der Waals surface area contributed by atoms with Crippen LogP contribution >= 0.6 is 11.8 Å². The zero-order valence-electron chi connectivity index (χ0n) is 17.4. The molecule has 5 nitrogen and oxygen atoms in total. The molecule has 3 rings (SSSR count). The van der Waals surface area contributed by atoms with E-state index in [1.807, 2.05) is 49.4 Å². The number of thioether (sulfide) groups is 1. The molecule has 0 saturated heterocycles. The topological polar surface area (TPSA) is 74.2 Å². The lowest BCUT2D eigenvalue weighted by Crippen LogP contribution is -2.30. The molecule has 2 N–H and O–H groups in total. The Balaban J connectivity index is 2.05. The van der Waals surface area contributed by atoms with Gasteiger partial charge in [0.15, 0.2) is 0 Å². The van der Waals surface area contributed by atoms with Crippen molar-refractivity contribution in [1.29, 1.82) is 5.26 Å². The van der Waals surface area contributed by atoms with Crippen molar-refractivity contribution in [3.8, 4) is 11.8 Å². The maximum atomic E-state index is 13.4. The Hall–Kier alpha value is -3.17. The Labute approximate surface area is 181 Å². The predicted molar refractivity (Wildman–Crippen MR) is 122 cm³/mol. The normalized spacial score (nSPS) is 16.0. The molecule has 0 saturated carbocycles. The van der Waals surface area contributed by atoms with Crippen LogP contribution in [0, 0.1) is 11.3 Å². The fourth-order valence-electron chi connectivity index (χ4n) is 3.45. The van der Waals surface area contributed by atoms with Crippen molar-refractivity contribution >= 4 is 23.4 Å². The number of nitrogens with one attached hydrogen (secondary N) is 2. The molecule has 0 spiro atoms. The van der Waals surface area contributed by atoms with Crippen LogP contribution in [0.5, 0.6) is 5.75 Å². The zero-order chi connectivity index (χ0) is 21.5. The van der Waals surface area contributed by atoms with Gasteiger partial charge in [-0.05, 0) is 36.8 Å². The van der Waals surface area contributed by atoms with Gasteiger partial charge in [-0.2, -0.15) is 5.26 Å². The number of hydrogen-bond acceptors (Lipinski definition) is 5. The van der Waals surface area contributed by atoms with Crippen molar-refractivity contribution in [1.82, 2.24) is 5.32 Å². The lowest BCUT2D eigenvalue weighted by Gasteiger charge is -2.30. The first-order chi connectivity index (χ1) is 14.6. The summed E-state index contributed by atoms with van der Waals surface area (Å²) in [4.78, 5) is 13.4. The molecule has 0 bridgehead atoms. The number of dihydropyridines is 1. The van der Waals surface area contributed by atoms with Gasteiger partial charge >= 0.3 is 0 Å². The number of nitriles is 1. The number of allylic oxidation sites excluding steroid dienone is 2. The minimum absolute atomic E-state index is 0.259. The number of hydrogen-bond donors (Lipinski definition) is 2. The maximum absolute atomic E-state index is 13.4. The SMILES string of the molecule is CCCSC1=C(C#N)C(c2ccccc2)C(C(=O)Nc2ccccc2OC)=C(C)N1. The van der Waals surface area contributed by atoms with Crippen LogP contribution in [0.4, 0.5) is 5.69 Å². The van der Waals surface area contributed by atoms with Crippen molar-refractivity contribution in [2.45, 2.75) is 26.2 Å². The van der Waals surface area contributed by atoms with Crippen LogP contribution in [0.2, 0.25) is 0 Å². The first kappa shape index (κ1) is 21.5. The number of benzene rings is 2. The number of carbonyl (C=O) groups excluding carboxylic acids is 1. The van der Waals surface area contributed by atoms with E-state index in [0.717, 1.165) is 28.5 Å². The quantitative estimate of drug-likeness (QED) is 0.647. The number of carbonyl (C=O) groups is 1. The van der Waals surface area contributed by atoms with Crippen molar-refractivity contribution < 1.29 is 9.53 Å². The van der Waals surface area contributed by atoms with E-state index < -0.39 is 5.92 Å². The second-order valence-electron chi connectivity index (χ2n) is 6.86. The summed E-state index contributed by atoms with van der Waals surface area (Å²) in [5.41, 5.74) is 3.34. The molecule has 1 aliphatic rings. The Bertz CT molecular complexity index is 1020. The molecule has 1 heterocycles. The van der Waals surface area contributed by atoms with Crippen molar-refractivity contribution in [3.05, 3.63) is 82.0 Å². The smallest absolute Gasteiger partial charge is 0.254 e. The van der Waals surface area contributed by atoms with Gasteiger partial charge in [-0.1, -0.05) is 49.4 Å². The minimum Gasteiger partial charge on any atom is -0.495 e. The fourth-order valence-corrected chi connectivity index (χ4v) is 4.40. The van der Waals surface area contributed by atoms with Crippen molar-refractivity contribution in [2.24, 2.45) is 0 Å². The largest absolute Gasteiger partial charge is 0.495 e. The summed E-state index contributed by atoms with van der Waals surface area (Å²) in [5, 5.41) is 17.1. The predicted octanol–water partition coefficient (Wildman–Crippen LogP) is 5.17. The van der Waals surface area contributed by atoms with E-state index in [1.165, 1.54) is 0 Å². The zero-order valence-corrected chi connectivity index (χ0v) is 18.2. The maximum Gasteiger partial charge on any atom is 0.254 e. The van der Waals surface area contributed by atoms with Gasteiger partial charge in [-0.3, -0.25) is 4.79 Å². The molecular weight excluding hydrogens is 394 g/mol. The van der Waals surface area contributed by atoms with E-state index in [4.69, 9.17) is 4.74 Å². The summed E-state index contributed by atoms with van der Waals surface area (Å²) in [6, 6.07) is 19.3. The summed E-state index contributed by atoms with van der Waals surface area (Å²) in [6.07, 6.45) is 0.995. The Kier molecular flexibility index (Phi) is 7.21. The first-order valence-electron chi connectivity index (χ1n) is 9.84. The van der Waals surface area contributed by atoms with Gasteiger partial charge in [0, 0.05) is 11.3 Å². The van der Waals surface area contributed by atoms with E-state index in [-0.39, 0.29) is 5.91 Å². The molecule has 2 aromatic rings. The van der Waals surface area contributed by atoms with Crippen LogP contribution in [0.15, 0.2) is 76.5 Å². The van der Waals surface area contributed by atoms with Crippen molar-refractivity contribution in [3.63, 3.8) is 0 Å². The number of amides is 1. The molecule has 0 radical (unpaired) electrons. The van der Waals surface area contributed by atoms with E-state index in [0.29, 0.717) is 22.6 Å². The van der Waals surface area contributed by atoms with Gasteiger partial charge in [0.1, 0.15) is 5.75 Å². The average Bonchev–Trinajstić information content (AvgIpc) is 2.77. The molecule has 154 valence electrons. The highest BCUT2D eigenvalue weighted by Crippen LogP contribution is 2.41. The summed E-state index contributed by atoms with van der Waals surface area (Å²) in [5.74, 6) is 0.780. The summed E-state index contributed by atoms with van der Waals surface area (Å²) < 4.78 is 5.36. The number of rotatable bonds is 7. The highest BCUT2D eigenvalue weighted by Gasteiger charge is 2.34. The highest BCUT2D eigenvalue weighted by atomic mass is 32.2. The molecule has 1 amide bonds. The second-order valence-corrected chi connectivity index (χ2v) is 7.97. The molecule has 6 heteroatoms. The molecule has 0 aromatic heterocycles. The van der Waals surface area contributed by atoms with E-state index >= 15 is 0 Å². The molecular formula is C24H25N3O2S. The summed E-state index contributed by atoms with van der Waals surface area (Å²) in [7, 11) is 1.57. The fraction of sp³-hybridized carbons (Fsp3) is 0.250. The minimum atomic E-state index is -0.438. The van der Waals surface area contributed by atoms with Gasteiger partial charge in [0.05, 0.1) is 35.4 Å². The third-order valence-electron chi connectivity index (χ3n) is 4.83. The molecule has 1 unspecified atom stereocenters. The summed E-state index contributed by atoms with van der Waals surface area (Å²) >= 11 is 1.62. The van der Waals surface area contributed by atoms with Gasteiger partial charge in [-0.15, -0.1) is 11.8 Å². The second kappa shape index (κ2) is 10.0. The van der Waals surface area contributed by atoms with E-state index in [9.17, 15) is 10.1 Å². The third-order valence-corrected chi connectivity index (χ3v) is 6.05. The lowest BCUT2D eigenvalue weighted by atomic mass is 9.82. The molecule has 0 fully saturated rings. The first-order valence-corrected chi connectivity index (χ1v) is 10.8. The molecule has 0 aliphatic carbocycles. The molecule has 2 aromatic carbocycles. The third kappa shape index (κ3) is 4.52. The van der Waals surface area contributed by atoms with Crippen LogP contribution in [-0.2, 0) is 4.79 Å². The summed E-state index contributed by atoms with van der Waals surface area (Å²) in [6.45, 7) is 3.99. The number of anilines is 1. The van der Waals surface area contributed by atoms with Crippen LogP contribution in [0.25, 0.3) is 0 Å². The van der Waals surface area contributed by atoms with Crippen LogP contribution in [0.3, 0.4) is 0 Å². The Morgan fingerprint density at radius 2 is 1.90 bits per heavy atom. The number of para-hydroxylation sites is 2. The standard InChI is InChI=1S/C24H25N3O2S/c1-4-14-30-24-18(15-25)22(17-10-6-5-7-11-17)21(16(2)26-24)23(28)27-19-12-8-9-13-20(19)29-3/h5-13,22,26H,4,14H2,1-3H3,(H,27,28). The highest BCUT2D eigenvalue weighted by molar-refractivity contribution is 8.03. The van der Waals surface area contributed by atoms with Gasteiger partial charge < -0.3 is 15.4 Å². The van der Waals surface area contributed by atoms with E-state index in [1.54, 1.807) is 31.0 Å². The van der Waals surface area contributed by atoms with Gasteiger partial charge in [-0.25, -0.2) is 0 Å². The number of methoxy groups -OCH3 is 1. The molecule has 1 aliphatic heterocycles. The lowest BCUT2D eigenvalue weighted by molar-refractivity contribution is -0.113. The number of ether oxygens (including phenoxy) is 1. The van der Waals surface area contributed by atoms with Crippen LogP contribution < -0.4 is 15.4 Å². The van der Waals surface area contributed by atoms with E-state index in [2.05, 4.69) is 23.6 Å². The van der Waals surface area contributed by atoms with Crippen LogP contribution in [0.1, 0.15) is 31.7 Å². The Morgan fingerprint density at radius 1 is 1.20 bits per heavy atom. The number of nitrogens with zero attached hydrogens (tertiary/aromatic N) is 1. The Morgan fingerprint density at radius 3 is 2.57 bits per heavy atom. The van der Waals surface area contributed by atoms with Crippen LogP contribution in [-0.4, -0.2) is 18.8 Å². The van der Waals surface area contributed by atoms with Gasteiger partial charge in [0.2, 0.25) is 0 Å². The molecule has 30 heavy (non-hydrogen) atoms. The monoisotopic (exact) mass is 419 g/mol. The van der Waals surface area contributed by atoms with Gasteiger partial charge in [0.25, 0.3) is 5.91 Å². The molecule has 1 atom stereocenters. The average molecular weight is 420 g/mol. The van der Waals surface area contributed by atoms with Crippen molar-refractivity contribution in [2.75, 3.05) is 18.2 Å².